The molecule has 25 heavy (non-hydrogen) atoms. The molecule has 0 bridgehead atoms. The average molecular weight is 376 g/mol. The number of rotatable bonds is 14. The van der Waals surface area contributed by atoms with E-state index < -0.39 is 0 Å². The van der Waals surface area contributed by atoms with Gasteiger partial charge in [-0.05, 0) is 39.8 Å². The second kappa shape index (κ2) is 15.3. The second-order valence-corrected chi connectivity index (χ2v) is 8.51. The van der Waals surface area contributed by atoms with E-state index in [9.17, 15) is 5.11 Å². The first-order valence-corrected chi connectivity index (χ1v) is 11.0. The van der Waals surface area contributed by atoms with Gasteiger partial charge in [0.1, 0.15) is 0 Å². The fourth-order valence-electron chi connectivity index (χ4n) is 4.45. The predicted octanol–water partition coefficient (Wildman–Crippen LogP) is 6.73. The Morgan fingerprint density at radius 2 is 1.28 bits per heavy atom. The van der Waals surface area contributed by atoms with E-state index in [2.05, 4.69) is 25.9 Å². The van der Waals surface area contributed by atoms with Crippen LogP contribution in [0, 0.1) is 0 Å². The molecule has 3 heteroatoms. The fourth-order valence-corrected chi connectivity index (χ4v) is 4.45. The van der Waals surface area contributed by atoms with Gasteiger partial charge >= 0.3 is 0 Å². The molecule has 0 spiro atoms. The van der Waals surface area contributed by atoms with Gasteiger partial charge in [-0.1, -0.05) is 90.4 Å². The molecule has 1 fully saturated rings. The van der Waals surface area contributed by atoms with Crippen molar-refractivity contribution in [2.24, 2.45) is 0 Å². The number of nitrogens with zero attached hydrogens (tertiary/aromatic N) is 1. The molecule has 0 aromatic rings. The van der Waals surface area contributed by atoms with Crippen molar-refractivity contribution in [3.63, 3.8) is 0 Å². The molecule has 0 radical (unpaired) electrons. The minimum absolute atomic E-state index is 0. The van der Waals surface area contributed by atoms with Crippen molar-refractivity contribution in [3.8, 4) is 0 Å². The topological polar surface area (TPSA) is 23.5 Å². The summed E-state index contributed by atoms with van der Waals surface area (Å²) in [6.45, 7) is 2.28. The van der Waals surface area contributed by atoms with E-state index in [0.29, 0.717) is 0 Å². The Morgan fingerprint density at radius 3 is 1.76 bits per heavy atom. The van der Waals surface area contributed by atoms with Crippen molar-refractivity contribution in [1.82, 2.24) is 4.90 Å². The van der Waals surface area contributed by atoms with Crippen molar-refractivity contribution >= 4 is 12.4 Å². The molecule has 1 atom stereocenters. The Bertz CT molecular complexity index is 290. The van der Waals surface area contributed by atoms with Crippen molar-refractivity contribution in [2.45, 2.75) is 128 Å². The van der Waals surface area contributed by atoms with Crippen LogP contribution >= 0.6 is 12.4 Å². The van der Waals surface area contributed by atoms with Crippen LogP contribution in [0.3, 0.4) is 0 Å². The van der Waals surface area contributed by atoms with Crippen LogP contribution in [-0.2, 0) is 0 Å². The lowest BCUT2D eigenvalue weighted by atomic mass is 9.76. The quantitative estimate of drug-likeness (QED) is 0.340. The van der Waals surface area contributed by atoms with Gasteiger partial charge in [0.25, 0.3) is 0 Å². The van der Waals surface area contributed by atoms with Crippen LogP contribution in [0.1, 0.15) is 116 Å². The molecule has 152 valence electrons. The Hall–Kier alpha value is 0.210. The lowest BCUT2D eigenvalue weighted by Crippen LogP contribution is -2.48. The molecule has 1 unspecified atom stereocenters. The summed E-state index contributed by atoms with van der Waals surface area (Å²) in [6.07, 6.45) is 22.2. The van der Waals surface area contributed by atoms with Gasteiger partial charge in [-0.2, -0.15) is 0 Å². The first-order valence-electron chi connectivity index (χ1n) is 11.0. The lowest BCUT2D eigenvalue weighted by Gasteiger charge is -2.44. The standard InChI is InChI=1S/C22H45NO.ClH/c1-4-5-6-7-8-9-10-11-12-14-17-21(24)20-22(23(2)3)18-15-13-16-19-22;/h21,24H,4-20H2,1-3H3;1H. The second-order valence-electron chi connectivity index (χ2n) is 8.51. The van der Waals surface area contributed by atoms with Crippen LogP contribution in [0.25, 0.3) is 0 Å². The highest BCUT2D eigenvalue weighted by molar-refractivity contribution is 5.85. The van der Waals surface area contributed by atoms with Gasteiger partial charge in [-0.15, -0.1) is 12.4 Å². The van der Waals surface area contributed by atoms with Gasteiger partial charge in [-0.3, -0.25) is 0 Å². The summed E-state index contributed by atoms with van der Waals surface area (Å²) in [7, 11) is 4.41. The van der Waals surface area contributed by atoms with Crippen molar-refractivity contribution in [1.29, 1.82) is 0 Å². The van der Waals surface area contributed by atoms with Crippen LogP contribution in [0.5, 0.6) is 0 Å². The molecule has 0 aromatic heterocycles. The molecule has 0 aromatic carbocycles. The zero-order valence-corrected chi connectivity index (χ0v) is 18.2. The van der Waals surface area contributed by atoms with Gasteiger partial charge in [0.05, 0.1) is 6.10 Å². The third-order valence-corrected chi connectivity index (χ3v) is 6.24. The summed E-state index contributed by atoms with van der Waals surface area (Å²) >= 11 is 0. The largest absolute Gasteiger partial charge is 0.393 e. The zero-order chi connectivity index (χ0) is 17.7. The minimum atomic E-state index is -0.0976. The number of hydrogen-bond donors (Lipinski definition) is 1. The Morgan fingerprint density at radius 1 is 0.800 bits per heavy atom. The number of halogens is 1. The highest BCUT2D eigenvalue weighted by Crippen LogP contribution is 2.36. The van der Waals surface area contributed by atoms with Gasteiger partial charge in [0.15, 0.2) is 0 Å². The van der Waals surface area contributed by atoms with Crippen LogP contribution in [0.4, 0.5) is 0 Å². The zero-order valence-electron chi connectivity index (χ0n) is 17.4. The highest BCUT2D eigenvalue weighted by Gasteiger charge is 2.35. The summed E-state index contributed by atoms with van der Waals surface area (Å²) in [6, 6.07) is 0. The van der Waals surface area contributed by atoms with E-state index in [1.54, 1.807) is 0 Å². The van der Waals surface area contributed by atoms with Crippen LogP contribution in [-0.4, -0.2) is 35.7 Å². The van der Waals surface area contributed by atoms with Crippen LogP contribution < -0.4 is 0 Å². The summed E-state index contributed by atoms with van der Waals surface area (Å²) < 4.78 is 0. The third kappa shape index (κ3) is 10.8. The highest BCUT2D eigenvalue weighted by atomic mass is 35.5. The molecule has 0 saturated heterocycles. The maximum Gasteiger partial charge on any atom is 0.0557 e. The molecule has 1 aliphatic carbocycles. The molecule has 0 amide bonds. The summed E-state index contributed by atoms with van der Waals surface area (Å²) in [4.78, 5) is 2.40. The van der Waals surface area contributed by atoms with Crippen molar-refractivity contribution in [3.05, 3.63) is 0 Å². The number of aliphatic hydroxyl groups excluding tert-OH is 1. The van der Waals surface area contributed by atoms with Gasteiger partial charge in [-0.25, -0.2) is 0 Å². The average Bonchev–Trinajstić information content (AvgIpc) is 2.57. The van der Waals surface area contributed by atoms with E-state index in [1.807, 2.05) is 0 Å². The van der Waals surface area contributed by atoms with E-state index >= 15 is 0 Å². The Kier molecular flexibility index (Phi) is 15.4. The maximum absolute atomic E-state index is 10.5. The number of hydrogen-bond acceptors (Lipinski definition) is 2. The SMILES string of the molecule is CCCCCCCCCCCCC(O)CC1(N(C)C)CCCCC1.Cl. The van der Waals surface area contributed by atoms with Gasteiger partial charge in [0.2, 0.25) is 0 Å². The first kappa shape index (κ1) is 25.2. The third-order valence-electron chi connectivity index (χ3n) is 6.24. The molecule has 2 nitrogen and oxygen atoms in total. The summed E-state index contributed by atoms with van der Waals surface area (Å²) in [5, 5.41) is 10.5. The molecular formula is C22H46ClNO. The number of aliphatic hydroxyl groups is 1. The van der Waals surface area contributed by atoms with Gasteiger partial charge in [0, 0.05) is 5.54 Å². The van der Waals surface area contributed by atoms with Crippen LogP contribution in [0.2, 0.25) is 0 Å². The van der Waals surface area contributed by atoms with E-state index in [4.69, 9.17) is 0 Å². The maximum atomic E-state index is 10.5. The smallest absolute Gasteiger partial charge is 0.0557 e. The summed E-state index contributed by atoms with van der Waals surface area (Å²) in [5.41, 5.74) is 0.274. The lowest BCUT2D eigenvalue weighted by molar-refractivity contribution is 0.0290. The van der Waals surface area contributed by atoms with Crippen molar-refractivity contribution < 1.29 is 5.11 Å². The van der Waals surface area contributed by atoms with E-state index in [-0.39, 0.29) is 24.0 Å². The van der Waals surface area contributed by atoms with E-state index in [0.717, 1.165) is 12.8 Å². The predicted molar refractivity (Wildman–Crippen MR) is 114 cm³/mol. The molecule has 1 N–H and O–H groups in total. The molecular weight excluding hydrogens is 330 g/mol. The Balaban J connectivity index is 0.00000576. The monoisotopic (exact) mass is 375 g/mol. The van der Waals surface area contributed by atoms with E-state index in [1.165, 1.54) is 96.3 Å². The minimum Gasteiger partial charge on any atom is -0.393 e. The van der Waals surface area contributed by atoms with Gasteiger partial charge < -0.3 is 10.0 Å². The van der Waals surface area contributed by atoms with Crippen LogP contribution in [0.15, 0.2) is 0 Å². The fraction of sp³-hybridized carbons (Fsp3) is 1.00. The molecule has 1 saturated carbocycles. The first-order chi connectivity index (χ1) is 11.6. The number of unbranched alkanes of at least 4 members (excludes halogenated alkanes) is 9. The molecule has 1 aliphatic rings. The normalized spacial score (nSPS) is 18.1. The molecule has 0 aliphatic heterocycles. The van der Waals surface area contributed by atoms with Crippen molar-refractivity contribution in [2.75, 3.05) is 14.1 Å². The molecule has 0 heterocycles. The molecule has 1 rings (SSSR count). The Labute approximate surface area is 164 Å². The summed E-state index contributed by atoms with van der Waals surface area (Å²) in [5.74, 6) is 0.